The Labute approximate surface area is 101 Å². The van der Waals surface area contributed by atoms with Gasteiger partial charge >= 0.3 is 0 Å². The summed E-state index contributed by atoms with van der Waals surface area (Å²) in [6, 6.07) is 10.7. The van der Waals surface area contributed by atoms with Crippen molar-refractivity contribution in [3.63, 3.8) is 0 Å². The SMILES string of the molecule is C.CCC.c1ccc(N2CCCCC2)cc1. The molecule has 1 aromatic carbocycles. The molecule has 1 heterocycles. The predicted octanol–water partition coefficient (Wildman–Crippen LogP) is 4.73. The zero-order chi connectivity index (χ0) is 10.9. The molecule has 1 aliphatic rings. The van der Waals surface area contributed by atoms with Gasteiger partial charge in [0, 0.05) is 18.8 Å². The molecule has 1 aliphatic heterocycles. The van der Waals surface area contributed by atoms with Crippen molar-refractivity contribution in [2.75, 3.05) is 18.0 Å². The van der Waals surface area contributed by atoms with Gasteiger partial charge in [0.05, 0.1) is 0 Å². The summed E-state index contributed by atoms with van der Waals surface area (Å²) in [5.41, 5.74) is 1.39. The maximum Gasteiger partial charge on any atom is 0.0366 e. The maximum atomic E-state index is 2.48. The molecule has 0 bridgehead atoms. The third-order valence-electron chi connectivity index (χ3n) is 2.48. The Morgan fingerprint density at radius 1 is 0.938 bits per heavy atom. The summed E-state index contributed by atoms with van der Waals surface area (Å²) in [5, 5.41) is 0. The first kappa shape index (κ1) is 15.0. The van der Waals surface area contributed by atoms with E-state index in [9.17, 15) is 0 Å². The number of nitrogens with zero attached hydrogens (tertiary/aromatic N) is 1. The lowest BCUT2D eigenvalue weighted by molar-refractivity contribution is 0.578. The van der Waals surface area contributed by atoms with E-state index in [4.69, 9.17) is 0 Å². The van der Waals surface area contributed by atoms with E-state index >= 15 is 0 Å². The first-order chi connectivity index (χ1) is 7.38. The summed E-state index contributed by atoms with van der Waals surface area (Å²) in [7, 11) is 0. The molecule has 92 valence electrons. The molecule has 0 atom stereocenters. The van der Waals surface area contributed by atoms with Crippen LogP contribution >= 0.6 is 0 Å². The average Bonchev–Trinajstić information content (AvgIpc) is 2.32. The smallest absolute Gasteiger partial charge is 0.0366 e. The highest BCUT2D eigenvalue weighted by Crippen LogP contribution is 2.18. The highest BCUT2D eigenvalue weighted by Gasteiger charge is 2.09. The molecule has 0 radical (unpaired) electrons. The van der Waals surface area contributed by atoms with E-state index in [0.29, 0.717) is 0 Å². The Morgan fingerprint density at radius 3 is 1.94 bits per heavy atom. The van der Waals surface area contributed by atoms with E-state index in [0.717, 1.165) is 0 Å². The Bertz CT molecular complexity index is 237. The fourth-order valence-electron chi connectivity index (χ4n) is 1.79. The lowest BCUT2D eigenvalue weighted by Crippen LogP contribution is -2.29. The van der Waals surface area contributed by atoms with Crippen LogP contribution in [0.25, 0.3) is 0 Å². The van der Waals surface area contributed by atoms with Crippen molar-refractivity contribution in [3.8, 4) is 0 Å². The van der Waals surface area contributed by atoms with Gasteiger partial charge in [-0.15, -0.1) is 0 Å². The van der Waals surface area contributed by atoms with Crippen LogP contribution in [-0.4, -0.2) is 13.1 Å². The molecule has 0 saturated carbocycles. The van der Waals surface area contributed by atoms with E-state index in [-0.39, 0.29) is 7.43 Å². The second-order valence-corrected chi connectivity index (χ2v) is 4.09. The monoisotopic (exact) mass is 221 g/mol. The zero-order valence-corrected chi connectivity index (χ0v) is 10.1. The summed E-state index contributed by atoms with van der Waals surface area (Å²) in [6.07, 6.45) is 5.37. The van der Waals surface area contributed by atoms with Gasteiger partial charge in [0.25, 0.3) is 0 Å². The van der Waals surface area contributed by atoms with Crippen molar-refractivity contribution in [2.45, 2.75) is 47.0 Å². The molecule has 0 aromatic heterocycles. The van der Waals surface area contributed by atoms with Gasteiger partial charge in [-0.25, -0.2) is 0 Å². The van der Waals surface area contributed by atoms with Gasteiger partial charge in [-0.1, -0.05) is 45.9 Å². The highest BCUT2D eigenvalue weighted by atomic mass is 15.1. The highest BCUT2D eigenvalue weighted by molar-refractivity contribution is 5.46. The predicted molar refractivity (Wildman–Crippen MR) is 75.2 cm³/mol. The number of piperidine rings is 1. The molecule has 0 unspecified atom stereocenters. The lowest BCUT2D eigenvalue weighted by atomic mass is 10.1. The van der Waals surface area contributed by atoms with E-state index in [2.05, 4.69) is 49.1 Å². The molecule has 0 amide bonds. The molecule has 0 aliphatic carbocycles. The Kier molecular flexibility index (Phi) is 8.69. The topological polar surface area (TPSA) is 3.24 Å². The lowest BCUT2D eigenvalue weighted by Gasteiger charge is -2.28. The van der Waals surface area contributed by atoms with Gasteiger partial charge in [0.2, 0.25) is 0 Å². The third-order valence-corrected chi connectivity index (χ3v) is 2.48. The molecular weight excluding hydrogens is 194 g/mol. The van der Waals surface area contributed by atoms with Crippen molar-refractivity contribution in [2.24, 2.45) is 0 Å². The minimum Gasteiger partial charge on any atom is -0.372 e. The average molecular weight is 221 g/mol. The van der Waals surface area contributed by atoms with Crippen LogP contribution in [0.15, 0.2) is 30.3 Å². The van der Waals surface area contributed by atoms with Gasteiger partial charge in [0.1, 0.15) is 0 Å². The van der Waals surface area contributed by atoms with Crippen LogP contribution in [0.1, 0.15) is 47.0 Å². The van der Waals surface area contributed by atoms with Crippen molar-refractivity contribution < 1.29 is 0 Å². The van der Waals surface area contributed by atoms with Crippen molar-refractivity contribution >= 4 is 5.69 Å². The Balaban J connectivity index is 0.000000511. The van der Waals surface area contributed by atoms with Crippen LogP contribution in [0.2, 0.25) is 0 Å². The Morgan fingerprint density at radius 2 is 1.44 bits per heavy atom. The van der Waals surface area contributed by atoms with E-state index < -0.39 is 0 Å². The van der Waals surface area contributed by atoms with Crippen LogP contribution in [0, 0.1) is 0 Å². The number of hydrogen-bond acceptors (Lipinski definition) is 1. The van der Waals surface area contributed by atoms with Gasteiger partial charge < -0.3 is 4.90 Å². The molecule has 1 aromatic rings. The third kappa shape index (κ3) is 5.20. The first-order valence-corrected chi connectivity index (χ1v) is 6.18. The summed E-state index contributed by atoms with van der Waals surface area (Å²) in [5.74, 6) is 0. The van der Waals surface area contributed by atoms with Gasteiger partial charge in [-0.2, -0.15) is 0 Å². The van der Waals surface area contributed by atoms with Crippen LogP contribution in [0.5, 0.6) is 0 Å². The van der Waals surface area contributed by atoms with Crippen LogP contribution in [0.4, 0.5) is 5.69 Å². The quantitative estimate of drug-likeness (QED) is 0.662. The summed E-state index contributed by atoms with van der Waals surface area (Å²) in [4.78, 5) is 2.48. The van der Waals surface area contributed by atoms with Gasteiger partial charge in [-0.3, -0.25) is 0 Å². The number of para-hydroxylation sites is 1. The molecule has 0 N–H and O–H groups in total. The first-order valence-electron chi connectivity index (χ1n) is 6.18. The van der Waals surface area contributed by atoms with E-state index in [1.54, 1.807) is 0 Å². The number of hydrogen-bond donors (Lipinski definition) is 0. The van der Waals surface area contributed by atoms with Crippen LogP contribution in [0.3, 0.4) is 0 Å². The second kappa shape index (κ2) is 9.26. The summed E-state index contributed by atoms with van der Waals surface area (Å²) < 4.78 is 0. The molecule has 1 saturated heterocycles. The summed E-state index contributed by atoms with van der Waals surface area (Å²) in [6.45, 7) is 6.73. The maximum absolute atomic E-state index is 2.48. The number of anilines is 1. The molecule has 1 heteroatoms. The molecule has 1 nitrogen and oxygen atoms in total. The minimum absolute atomic E-state index is 0. The van der Waals surface area contributed by atoms with Crippen LogP contribution in [-0.2, 0) is 0 Å². The molecule has 16 heavy (non-hydrogen) atoms. The van der Waals surface area contributed by atoms with Crippen LogP contribution < -0.4 is 4.90 Å². The molecular formula is C15H27N. The number of benzene rings is 1. The normalized spacial score (nSPS) is 14.5. The van der Waals surface area contributed by atoms with Crippen molar-refractivity contribution in [1.82, 2.24) is 0 Å². The summed E-state index contributed by atoms with van der Waals surface area (Å²) >= 11 is 0. The van der Waals surface area contributed by atoms with Gasteiger partial charge in [-0.05, 0) is 31.4 Å². The molecule has 0 spiro atoms. The zero-order valence-electron chi connectivity index (χ0n) is 10.1. The fourth-order valence-corrected chi connectivity index (χ4v) is 1.79. The van der Waals surface area contributed by atoms with Crippen molar-refractivity contribution in [1.29, 1.82) is 0 Å². The molecule has 1 fully saturated rings. The second-order valence-electron chi connectivity index (χ2n) is 4.09. The molecule has 2 rings (SSSR count). The van der Waals surface area contributed by atoms with Crippen molar-refractivity contribution in [3.05, 3.63) is 30.3 Å². The van der Waals surface area contributed by atoms with E-state index in [1.807, 2.05) is 0 Å². The Hall–Kier alpha value is -0.980. The standard InChI is InChI=1S/C11H15N.C3H8.CH4/c1-3-7-11(8-4-1)12-9-5-2-6-10-12;1-3-2;/h1,3-4,7-8H,2,5-6,9-10H2;3H2,1-2H3;1H4. The van der Waals surface area contributed by atoms with Gasteiger partial charge in [0.15, 0.2) is 0 Å². The largest absolute Gasteiger partial charge is 0.372 e. The number of rotatable bonds is 1. The van der Waals surface area contributed by atoms with E-state index in [1.165, 1.54) is 44.5 Å². The fraction of sp³-hybridized carbons (Fsp3) is 0.600. The minimum atomic E-state index is 0.